The number of nitrogens with one attached hydrogen (secondary N) is 1. The van der Waals surface area contributed by atoms with Crippen LogP contribution < -0.4 is 24.4 Å². The Morgan fingerprint density at radius 1 is 1.12 bits per heavy atom. The largest absolute Gasteiger partial charge is 0.493 e. The van der Waals surface area contributed by atoms with Crippen LogP contribution in [-0.4, -0.2) is 37.0 Å². The number of nitro groups is 1. The summed E-state index contributed by atoms with van der Waals surface area (Å²) in [6, 6.07) is 17.8. The number of hydrogen-bond donors (Lipinski definition) is 1. The SMILES string of the molecule is COc1ccccc1Oc1ccc(NC(=O)CN2C(=O)COc3ccc([N+](=O)[O-])cc32)cc1. The number of carbonyl (C=O) groups is 2. The number of nitrogens with zero attached hydrogens (tertiary/aromatic N) is 2. The highest BCUT2D eigenvalue weighted by Crippen LogP contribution is 2.35. The van der Waals surface area contributed by atoms with Gasteiger partial charge in [0, 0.05) is 17.8 Å². The van der Waals surface area contributed by atoms with Gasteiger partial charge in [0.2, 0.25) is 5.91 Å². The van der Waals surface area contributed by atoms with Crippen molar-refractivity contribution in [1.29, 1.82) is 0 Å². The van der Waals surface area contributed by atoms with Crippen LogP contribution >= 0.6 is 0 Å². The van der Waals surface area contributed by atoms with Crippen molar-refractivity contribution >= 4 is 28.9 Å². The fourth-order valence-electron chi connectivity index (χ4n) is 3.26. The molecule has 0 saturated carbocycles. The van der Waals surface area contributed by atoms with Gasteiger partial charge in [-0.3, -0.25) is 24.6 Å². The average Bonchev–Trinajstić information content (AvgIpc) is 2.82. The number of hydrogen-bond acceptors (Lipinski definition) is 7. The van der Waals surface area contributed by atoms with Crippen LogP contribution in [0.5, 0.6) is 23.0 Å². The highest BCUT2D eigenvalue weighted by molar-refractivity contribution is 6.05. The molecule has 0 bridgehead atoms. The van der Waals surface area contributed by atoms with Crippen LogP contribution in [0.25, 0.3) is 0 Å². The molecule has 0 fully saturated rings. The van der Waals surface area contributed by atoms with E-state index in [0.717, 1.165) is 0 Å². The number of ether oxygens (including phenoxy) is 3. The van der Waals surface area contributed by atoms with Crippen LogP contribution in [0.2, 0.25) is 0 Å². The van der Waals surface area contributed by atoms with Crippen LogP contribution in [0.4, 0.5) is 17.1 Å². The second-order valence-corrected chi connectivity index (χ2v) is 7.00. The first-order chi connectivity index (χ1) is 15.9. The number of non-ortho nitro benzene ring substituents is 1. The second-order valence-electron chi connectivity index (χ2n) is 7.00. The molecule has 1 aliphatic rings. The summed E-state index contributed by atoms with van der Waals surface area (Å²) in [7, 11) is 1.55. The van der Waals surface area contributed by atoms with E-state index in [4.69, 9.17) is 14.2 Å². The van der Waals surface area contributed by atoms with E-state index in [1.165, 1.54) is 23.1 Å². The third kappa shape index (κ3) is 4.85. The highest BCUT2D eigenvalue weighted by atomic mass is 16.6. The molecule has 0 unspecified atom stereocenters. The minimum atomic E-state index is -0.577. The van der Waals surface area contributed by atoms with Crippen molar-refractivity contribution < 1.29 is 28.7 Å². The van der Waals surface area contributed by atoms with E-state index < -0.39 is 16.7 Å². The van der Waals surface area contributed by atoms with Crippen molar-refractivity contribution in [3.63, 3.8) is 0 Å². The number of nitro benzene ring substituents is 1. The van der Waals surface area contributed by atoms with Crippen molar-refractivity contribution in [2.24, 2.45) is 0 Å². The Morgan fingerprint density at radius 3 is 2.55 bits per heavy atom. The fourth-order valence-corrected chi connectivity index (χ4v) is 3.26. The van der Waals surface area contributed by atoms with Crippen LogP contribution in [-0.2, 0) is 9.59 Å². The highest BCUT2D eigenvalue weighted by Gasteiger charge is 2.29. The molecule has 10 heteroatoms. The summed E-state index contributed by atoms with van der Waals surface area (Å²) in [6.07, 6.45) is 0. The quantitative estimate of drug-likeness (QED) is 0.431. The second kappa shape index (κ2) is 9.27. The first kappa shape index (κ1) is 21.6. The first-order valence-corrected chi connectivity index (χ1v) is 9.87. The van der Waals surface area contributed by atoms with Crippen molar-refractivity contribution in [3.05, 3.63) is 76.8 Å². The van der Waals surface area contributed by atoms with Gasteiger partial charge in [0.15, 0.2) is 18.1 Å². The standard InChI is InChI=1S/C23H19N3O7/c1-31-20-4-2-3-5-21(20)33-17-9-6-15(7-10-17)24-22(27)13-25-18-12-16(26(29)30)8-11-19(18)32-14-23(25)28/h2-12H,13-14H2,1H3,(H,24,27). The van der Waals surface area contributed by atoms with Gasteiger partial charge in [-0.1, -0.05) is 12.1 Å². The lowest BCUT2D eigenvalue weighted by Crippen LogP contribution is -2.43. The van der Waals surface area contributed by atoms with Crippen molar-refractivity contribution in [3.8, 4) is 23.0 Å². The zero-order valence-electron chi connectivity index (χ0n) is 17.5. The molecule has 33 heavy (non-hydrogen) atoms. The lowest BCUT2D eigenvalue weighted by atomic mass is 10.2. The number of fused-ring (bicyclic) bond motifs is 1. The normalized spacial score (nSPS) is 12.4. The van der Waals surface area contributed by atoms with Gasteiger partial charge >= 0.3 is 0 Å². The Labute approximate surface area is 188 Å². The molecule has 1 N–H and O–H groups in total. The van der Waals surface area contributed by atoms with Gasteiger partial charge in [0.1, 0.15) is 18.0 Å². The number of para-hydroxylation sites is 2. The summed E-state index contributed by atoms with van der Waals surface area (Å²) in [4.78, 5) is 36.6. The van der Waals surface area contributed by atoms with E-state index in [1.54, 1.807) is 43.5 Å². The van der Waals surface area contributed by atoms with Crippen LogP contribution in [0.15, 0.2) is 66.7 Å². The zero-order chi connectivity index (χ0) is 23.4. The molecule has 10 nitrogen and oxygen atoms in total. The fraction of sp³-hybridized carbons (Fsp3) is 0.130. The number of methoxy groups -OCH3 is 1. The molecule has 4 rings (SSSR count). The molecule has 3 aromatic carbocycles. The molecule has 0 aromatic heterocycles. The van der Waals surface area contributed by atoms with Crippen molar-refractivity contribution in [2.75, 3.05) is 30.5 Å². The summed E-state index contributed by atoms with van der Waals surface area (Å²) in [5, 5.41) is 13.8. The molecule has 3 aromatic rings. The summed E-state index contributed by atoms with van der Waals surface area (Å²) in [5.41, 5.74) is 0.464. The van der Waals surface area contributed by atoms with Gasteiger partial charge in [-0.05, 0) is 42.5 Å². The minimum Gasteiger partial charge on any atom is -0.493 e. The number of anilines is 2. The maximum Gasteiger partial charge on any atom is 0.271 e. The number of amides is 2. The number of rotatable bonds is 7. The monoisotopic (exact) mass is 449 g/mol. The molecule has 0 aliphatic carbocycles. The average molecular weight is 449 g/mol. The van der Waals surface area contributed by atoms with Gasteiger partial charge in [0.05, 0.1) is 17.7 Å². The van der Waals surface area contributed by atoms with E-state index in [-0.39, 0.29) is 24.5 Å². The van der Waals surface area contributed by atoms with Gasteiger partial charge in [-0.15, -0.1) is 0 Å². The molecule has 0 spiro atoms. The van der Waals surface area contributed by atoms with Gasteiger partial charge in [-0.25, -0.2) is 0 Å². The van der Waals surface area contributed by atoms with Gasteiger partial charge in [-0.2, -0.15) is 0 Å². The molecule has 1 heterocycles. The molecule has 0 radical (unpaired) electrons. The maximum atomic E-state index is 12.6. The zero-order valence-corrected chi connectivity index (χ0v) is 17.5. The van der Waals surface area contributed by atoms with Crippen LogP contribution in [0, 0.1) is 10.1 Å². The Kier molecular flexibility index (Phi) is 6.07. The summed E-state index contributed by atoms with van der Waals surface area (Å²) >= 11 is 0. The van der Waals surface area contributed by atoms with Crippen LogP contribution in [0.1, 0.15) is 0 Å². The Morgan fingerprint density at radius 2 is 1.85 bits per heavy atom. The smallest absolute Gasteiger partial charge is 0.271 e. The number of carbonyl (C=O) groups excluding carboxylic acids is 2. The van der Waals surface area contributed by atoms with Gasteiger partial charge < -0.3 is 19.5 Å². The molecule has 0 saturated heterocycles. The Bertz CT molecular complexity index is 1210. The third-order valence-corrected chi connectivity index (χ3v) is 4.83. The number of benzene rings is 3. The molecule has 168 valence electrons. The van der Waals surface area contributed by atoms with E-state index in [9.17, 15) is 19.7 Å². The van der Waals surface area contributed by atoms with Crippen molar-refractivity contribution in [1.82, 2.24) is 0 Å². The van der Waals surface area contributed by atoms with Crippen LogP contribution in [0.3, 0.4) is 0 Å². The molecule has 2 amide bonds. The van der Waals surface area contributed by atoms with E-state index >= 15 is 0 Å². The summed E-state index contributed by atoms with van der Waals surface area (Å²) < 4.78 is 16.4. The Hall–Kier alpha value is -4.60. The lowest BCUT2D eigenvalue weighted by Gasteiger charge is -2.28. The molecular weight excluding hydrogens is 430 g/mol. The van der Waals surface area contributed by atoms with Gasteiger partial charge in [0.25, 0.3) is 11.6 Å². The predicted molar refractivity (Wildman–Crippen MR) is 119 cm³/mol. The minimum absolute atomic E-state index is 0.177. The third-order valence-electron chi connectivity index (χ3n) is 4.83. The first-order valence-electron chi connectivity index (χ1n) is 9.87. The Balaban J connectivity index is 1.43. The van der Waals surface area contributed by atoms with Crippen molar-refractivity contribution in [2.45, 2.75) is 0 Å². The molecule has 0 atom stereocenters. The predicted octanol–water partition coefficient (Wildman–Crippen LogP) is 3.76. The van der Waals surface area contributed by atoms with E-state index in [2.05, 4.69) is 5.32 Å². The molecular formula is C23H19N3O7. The topological polar surface area (TPSA) is 120 Å². The van der Waals surface area contributed by atoms with E-state index in [0.29, 0.717) is 28.7 Å². The molecule has 1 aliphatic heterocycles. The summed E-state index contributed by atoms with van der Waals surface area (Å²) in [5.74, 6) is 1.04. The maximum absolute atomic E-state index is 12.6. The summed E-state index contributed by atoms with van der Waals surface area (Å²) in [6.45, 7) is -0.580. The van der Waals surface area contributed by atoms with E-state index in [1.807, 2.05) is 12.1 Å². The lowest BCUT2D eigenvalue weighted by molar-refractivity contribution is -0.384.